The summed E-state index contributed by atoms with van der Waals surface area (Å²) in [5, 5.41) is 1.44. The smallest absolute Gasteiger partial charge is 0.272 e. The number of carbonyl (C=O) groups is 1. The van der Waals surface area contributed by atoms with Crippen LogP contribution in [0.5, 0.6) is 0 Å². The third-order valence-electron chi connectivity index (χ3n) is 4.22. The number of aromatic nitrogens is 1. The number of hydrogen-bond donors (Lipinski definition) is 0. The molecule has 2 aliphatic heterocycles. The molecule has 1 aromatic carbocycles. The average molecular weight is 303 g/mol. The standard InChI is InChI=1S/C16H15ClN2O2/c17-13-7-15(18-14-4-2-1-3-12(13)14)16(20)19-8-10-5-6-11(9-19)21-10/h1-4,7,10-11H,5-6,8-9H2. The number of amides is 1. The molecule has 2 saturated heterocycles. The van der Waals surface area contributed by atoms with E-state index >= 15 is 0 Å². The van der Waals surface area contributed by atoms with E-state index in [4.69, 9.17) is 16.3 Å². The molecule has 5 heteroatoms. The van der Waals surface area contributed by atoms with E-state index in [1.54, 1.807) is 6.07 Å². The van der Waals surface area contributed by atoms with Crippen molar-refractivity contribution in [3.63, 3.8) is 0 Å². The van der Waals surface area contributed by atoms with Gasteiger partial charge in [-0.25, -0.2) is 4.98 Å². The van der Waals surface area contributed by atoms with Crippen LogP contribution in [0.3, 0.4) is 0 Å². The number of pyridine rings is 1. The summed E-state index contributed by atoms with van der Waals surface area (Å²) in [6.07, 6.45) is 2.45. The van der Waals surface area contributed by atoms with Gasteiger partial charge in [0.25, 0.3) is 5.91 Å². The van der Waals surface area contributed by atoms with E-state index in [1.807, 2.05) is 29.2 Å². The fourth-order valence-electron chi connectivity index (χ4n) is 3.19. The first-order valence-corrected chi connectivity index (χ1v) is 7.58. The third-order valence-corrected chi connectivity index (χ3v) is 4.53. The topological polar surface area (TPSA) is 42.4 Å². The van der Waals surface area contributed by atoms with Crippen LogP contribution in [0.2, 0.25) is 5.02 Å². The van der Waals surface area contributed by atoms with Gasteiger partial charge in [-0.05, 0) is 25.0 Å². The molecule has 2 fully saturated rings. The fraction of sp³-hybridized carbons (Fsp3) is 0.375. The largest absolute Gasteiger partial charge is 0.371 e. The van der Waals surface area contributed by atoms with Crippen LogP contribution in [0.15, 0.2) is 30.3 Å². The third kappa shape index (κ3) is 2.28. The lowest BCUT2D eigenvalue weighted by Gasteiger charge is -2.31. The first kappa shape index (κ1) is 13.0. The highest BCUT2D eigenvalue weighted by atomic mass is 35.5. The van der Waals surface area contributed by atoms with E-state index in [0.29, 0.717) is 23.8 Å². The number of likely N-dealkylation sites (tertiary alicyclic amines) is 1. The van der Waals surface area contributed by atoms with Crippen molar-refractivity contribution in [1.29, 1.82) is 0 Å². The number of hydrogen-bond acceptors (Lipinski definition) is 3. The number of rotatable bonds is 1. The molecule has 2 aromatic rings. The Kier molecular flexibility index (Phi) is 3.08. The average Bonchev–Trinajstić information content (AvgIpc) is 2.85. The molecule has 0 spiro atoms. The normalized spacial score (nSPS) is 24.5. The Labute approximate surface area is 127 Å². The van der Waals surface area contributed by atoms with Crippen LogP contribution in [0, 0.1) is 0 Å². The Morgan fingerprint density at radius 1 is 1.24 bits per heavy atom. The summed E-state index contributed by atoms with van der Waals surface area (Å²) in [7, 11) is 0. The second-order valence-electron chi connectivity index (χ2n) is 5.67. The van der Waals surface area contributed by atoms with Crippen molar-refractivity contribution < 1.29 is 9.53 Å². The van der Waals surface area contributed by atoms with Crippen molar-refractivity contribution in [2.45, 2.75) is 25.0 Å². The van der Waals surface area contributed by atoms with Crippen LogP contribution < -0.4 is 0 Å². The van der Waals surface area contributed by atoms with Gasteiger partial charge in [0, 0.05) is 18.5 Å². The van der Waals surface area contributed by atoms with E-state index in [9.17, 15) is 4.79 Å². The molecule has 2 unspecified atom stereocenters. The van der Waals surface area contributed by atoms with Gasteiger partial charge < -0.3 is 9.64 Å². The molecule has 3 heterocycles. The zero-order chi connectivity index (χ0) is 14.4. The minimum Gasteiger partial charge on any atom is -0.371 e. The summed E-state index contributed by atoms with van der Waals surface area (Å²) < 4.78 is 5.77. The number of benzene rings is 1. The second kappa shape index (κ2) is 4.97. The van der Waals surface area contributed by atoms with Crippen molar-refractivity contribution in [2.75, 3.05) is 13.1 Å². The van der Waals surface area contributed by atoms with E-state index in [2.05, 4.69) is 4.98 Å². The molecule has 108 valence electrons. The van der Waals surface area contributed by atoms with E-state index in [1.165, 1.54) is 0 Å². The lowest BCUT2D eigenvalue weighted by Crippen LogP contribution is -2.46. The fourth-order valence-corrected chi connectivity index (χ4v) is 3.45. The molecule has 0 aliphatic carbocycles. The van der Waals surface area contributed by atoms with Gasteiger partial charge in [-0.1, -0.05) is 29.8 Å². The van der Waals surface area contributed by atoms with Crippen molar-refractivity contribution in [3.8, 4) is 0 Å². The van der Waals surface area contributed by atoms with Crippen molar-refractivity contribution >= 4 is 28.4 Å². The van der Waals surface area contributed by atoms with Gasteiger partial charge in [-0.15, -0.1) is 0 Å². The predicted molar refractivity (Wildman–Crippen MR) is 80.6 cm³/mol. The number of fused-ring (bicyclic) bond motifs is 3. The highest BCUT2D eigenvalue weighted by Gasteiger charge is 2.36. The zero-order valence-corrected chi connectivity index (χ0v) is 12.2. The monoisotopic (exact) mass is 302 g/mol. The minimum atomic E-state index is -0.0529. The van der Waals surface area contributed by atoms with Gasteiger partial charge in [-0.2, -0.15) is 0 Å². The van der Waals surface area contributed by atoms with E-state index < -0.39 is 0 Å². The van der Waals surface area contributed by atoms with Crippen molar-refractivity contribution in [1.82, 2.24) is 9.88 Å². The molecule has 1 amide bonds. The number of nitrogens with zero attached hydrogens (tertiary/aromatic N) is 2. The molecule has 1 aromatic heterocycles. The first-order valence-electron chi connectivity index (χ1n) is 7.21. The first-order chi connectivity index (χ1) is 10.2. The molecule has 2 atom stereocenters. The minimum absolute atomic E-state index is 0.0529. The van der Waals surface area contributed by atoms with Crippen LogP contribution in [0.1, 0.15) is 23.3 Å². The quantitative estimate of drug-likeness (QED) is 0.813. The van der Waals surface area contributed by atoms with Crippen LogP contribution in [-0.4, -0.2) is 41.1 Å². The summed E-state index contributed by atoms with van der Waals surface area (Å²) in [6, 6.07) is 9.27. The number of halogens is 1. The number of ether oxygens (including phenoxy) is 1. The Balaban J connectivity index is 1.68. The molecule has 4 rings (SSSR count). The van der Waals surface area contributed by atoms with Crippen molar-refractivity contribution in [3.05, 3.63) is 41.0 Å². The summed E-state index contributed by atoms with van der Waals surface area (Å²) in [6.45, 7) is 1.31. The maximum Gasteiger partial charge on any atom is 0.272 e. The molecular formula is C16H15ClN2O2. The Morgan fingerprint density at radius 2 is 1.95 bits per heavy atom. The summed E-state index contributed by atoms with van der Waals surface area (Å²) >= 11 is 6.28. The van der Waals surface area contributed by atoms with Gasteiger partial charge >= 0.3 is 0 Å². The van der Waals surface area contributed by atoms with Gasteiger partial charge in [0.05, 0.1) is 22.7 Å². The maximum absolute atomic E-state index is 12.7. The lowest BCUT2D eigenvalue weighted by molar-refractivity contribution is -0.0305. The van der Waals surface area contributed by atoms with Crippen molar-refractivity contribution in [2.24, 2.45) is 0 Å². The van der Waals surface area contributed by atoms with Gasteiger partial charge in [-0.3, -0.25) is 4.79 Å². The molecule has 0 radical (unpaired) electrons. The molecule has 0 N–H and O–H groups in total. The number of carbonyl (C=O) groups excluding carboxylic acids is 1. The molecule has 4 nitrogen and oxygen atoms in total. The lowest BCUT2D eigenvalue weighted by atomic mass is 10.2. The molecular weight excluding hydrogens is 288 g/mol. The van der Waals surface area contributed by atoms with Gasteiger partial charge in [0.2, 0.25) is 0 Å². The zero-order valence-electron chi connectivity index (χ0n) is 11.5. The summed E-state index contributed by atoms with van der Waals surface area (Å²) in [5.41, 5.74) is 1.17. The number of morpholine rings is 1. The Hall–Kier alpha value is -1.65. The van der Waals surface area contributed by atoms with Crippen LogP contribution in [0.4, 0.5) is 0 Å². The molecule has 2 aliphatic rings. The molecule has 21 heavy (non-hydrogen) atoms. The second-order valence-corrected chi connectivity index (χ2v) is 6.08. The Morgan fingerprint density at radius 3 is 2.71 bits per heavy atom. The van der Waals surface area contributed by atoms with Gasteiger partial charge in [0.1, 0.15) is 5.69 Å². The summed E-state index contributed by atoms with van der Waals surface area (Å²) in [4.78, 5) is 19.0. The predicted octanol–water partition coefficient (Wildman–Crippen LogP) is 2.89. The molecule has 2 bridgehead atoms. The van der Waals surface area contributed by atoms with Crippen LogP contribution in [-0.2, 0) is 4.74 Å². The van der Waals surface area contributed by atoms with Crippen LogP contribution >= 0.6 is 11.6 Å². The van der Waals surface area contributed by atoms with Gasteiger partial charge in [0.15, 0.2) is 0 Å². The SMILES string of the molecule is O=C(c1cc(Cl)c2ccccc2n1)N1CC2CCC(C1)O2. The van der Waals surface area contributed by atoms with Crippen LogP contribution in [0.25, 0.3) is 10.9 Å². The molecule has 0 saturated carbocycles. The van der Waals surface area contributed by atoms with E-state index in [0.717, 1.165) is 23.7 Å². The Bertz CT molecular complexity index is 706. The maximum atomic E-state index is 12.7. The highest BCUT2D eigenvalue weighted by Crippen LogP contribution is 2.28. The van der Waals surface area contributed by atoms with E-state index in [-0.39, 0.29) is 18.1 Å². The highest BCUT2D eigenvalue weighted by molar-refractivity contribution is 6.35. The number of para-hydroxylation sites is 1. The summed E-state index contributed by atoms with van der Waals surface area (Å²) in [5.74, 6) is -0.0529.